The van der Waals surface area contributed by atoms with Crippen molar-refractivity contribution in [1.82, 2.24) is 4.90 Å². The van der Waals surface area contributed by atoms with Gasteiger partial charge in [0, 0.05) is 11.3 Å². The predicted octanol–water partition coefficient (Wildman–Crippen LogP) is 2.67. The second-order valence-corrected chi connectivity index (χ2v) is 5.90. The van der Waals surface area contributed by atoms with Crippen molar-refractivity contribution >= 4 is 28.6 Å². The second kappa shape index (κ2) is 5.11. The van der Waals surface area contributed by atoms with Crippen LogP contribution in [0.3, 0.4) is 0 Å². The number of hydrogen-bond donors (Lipinski definition) is 0. The standard InChI is InChI=1S/C15H13FN2O2S/c1-8-13(9(2)19)14(10-3-5-11(16)6-4-10)18-12(20)7-21-15(18)17-8/h3-6,14H,7H2,1-2H3/t14-/m0/s1. The molecule has 1 amide bonds. The van der Waals surface area contributed by atoms with Gasteiger partial charge in [0.05, 0.1) is 11.8 Å². The minimum Gasteiger partial charge on any atom is -0.295 e. The fourth-order valence-corrected chi connectivity index (χ4v) is 3.59. The lowest BCUT2D eigenvalue weighted by molar-refractivity contribution is -0.125. The molecule has 0 unspecified atom stereocenters. The second-order valence-electron chi connectivity index (χ2n) is 4.96. The average Bonchev–Trinajstić information content (AvgIpc) is 2.79. The van der Waals surface area contributed by atoms with Gasteiger partial charge in [0.1, 0.15) is 5.82 Å². The van der Waals surface area contributed by atoms with Gasteiger partial charge in [-0.2, -0.15) is 0 Å². The zero-order valence-electron chi connectivity index (χ0n) is 11.6. The van der Waals surface area contributed by atoms with Crippen LogP contribution in [-0.2, 0) is 9.59 Å². The number of thioether (sulfide) groups is 1. The summed E-state index contributed by atoms with van der Waals surface area (Å²) in [6.45, 7) is 3.23. The molecular formula is C15H13FN2O2S. The lowest BCUT2D eigenvalue weighted by Crippen LogP contribution is -2.38. The zero-order chi connectivity index (χ0) is 15.1. The molecule has 6 heteroatoms. The van der Waals surface area contributed by atoms with E-state index in [1.807, 2.05) is 0 Å². The molecule has 1 aromatic rings. The molecule has 3 rings (SSSR count). The van der Waals surface area contributed by atoms with E-state index in [0.717, 1.165) is 0 Å². The van der Waals surface area contributed by atoms with Gasteiger partial charge in [-0.1, -0.05) is 23.9 Å². The number of nitrogens with zero attached hydrogens (tertiary/aromatic N) is 2. The van der Waals surface area contributed by atoms with Gasteiger partial charge < -0.3 is 0 Å². The third-order valence-corrected chi connectivity index (χ3v) is 4.49. The highest BCUT2D eigenvalue weighted by Gasteiger charge is 2.41. The summed E-state index contributed by atoms with van der Waals surface area (Å²) in [5.41, 5.74) is 1.82. The number of benzene rings is 1. The minimum absolute atomic E-state index is 0.0840. The Hall–Kier alpha value is -1.95. The van der Waals surface area contributed by atoms with Crippen molar-refractivity contribution in [2.24, 2.45) is 4.99 Å². The molecule has 1 fully saturated rings. The maximum atomic E-state index is 13.1. The van der Waals surface area contributed by atoms with Crippen LogP contribution in [-0.4, -0.2) is 27.5 Å². The topological polar surface area (TPSA) is 49.7 Å². The molecule has 21 heavy (non-hydrogen) atoms. The Balaban J connectivity index is 2.17. The molecule has 0 aromatic heterocycles. The molecule has 0 saturated carbocycles. The van der Waals surface area contributed by atoms with Crippen molar-refractivity contribution in [3.8, 4) is 0 Å². The van der Waals surface area contributed by atoms with Crippen molar-refractivity contribution < 1.29 is 14.0 Å². The number of rotatable bonds is 2. The van der Waals surface area contributed by atoms with Crippen molar-refractivity contribution in [2.45, 2.75) is 19.9 Å². The van der Waals surface area contributed by atoms with Crippen molar-refractivity contribution in [2.75, 3.05) is 5.75 Å². The summed E-state index contributed by atoms with van der Waals surface area (Å²) < 4.78 is 13.1. The lowest BCUT2D eigenvalue weighted by atomic mass is 9.92. The van der Waals surface area contributed by atoms with E-state index < -0.39 is 6.04 Å². The Kier molecular flexibility index (Phi) is 3.41. The number of hydrogen-bond acceptors (Lipinski definition) is 4. The largest absolute Gasteiger partial charge is 0.295 e. The Morgan fingerprint density at radius 1 is 1.38 bits per heavy atom. The summed E-state index contributed by atoms with van der Waals surface area (Å²) in [6, 6.07) is 5.37. The number of amides is 1. The Morgan fingerprint density at radius 3 is 2.67 bits per heavy atom. The molecule has 2 aliphatic rings. The third-order valence-electron chi connectivity index (χ3n) is 3.55. The third kappa shape index (κ3) is 2.29. The van der Waals surface area contributed by atoms with Gasteiger partial charge in [-0.05, 0) is 31.5 Å². The molecule has 0 aliphatic carbocycles. The first-order chi connectivity index (χ1) is 9.99. The Bertz CT molecular complexity index is 694. The maximum Gasteiger partial charge on any atom is 0.239 e. The molecule has 1 atom stereocenters. The summed E-state index contributed by atoms with van der Waals surface area (Å²) in [6.07, 6.45) is 0. The number of ketones is 1. The highest BCUT2D eigenvalue weighted by molar-refractivity contribution is 8.15. The molecule has 4 nitrogen and oxygen atoms in total. The summed E-state index contributed by atoms with van der Waals surface area (Å²) >= 11 is 1.36. The number of allylic oxidation sites excluding steroid dienone is 1. The number of halogens is 1. The number of amidine groups is 1. The van der Waals surface area contributed by atoms with E-state index in [1.165, 1.54) is 30.8 Å². The molecule has 2 aliphatic heterocycles. The van der Waals surface area contributed by atoms with Gasteiger partial charge in [0.25, 0.3) is 0 Å². The molecule has 0 bridgehead atoms. The van der Waals surface area contributed by atoms with Gasteiger partial charge in [-0.3, -0.25) is 14.5 Å². The molecular weight excluding hydrogens is 291 g/mol. The Morgan fingerprint density at radius 2 is 2.05 bits per heavy atom. The van der Waals surface area contributed by atoms with Crippen LogP contribution in [0.15, 0.2) is 40.5 Å². The number of fused-ring (bicyclic) bond motifs is 1. The predicted molar refractivity (Wildman–Crippen MR) is 79.3 cm³/mol. The average molecular weight is 304 g/mol. The normalized spacial score (nSPS) is 21.5. The van der Waals surface area contributed by atoms with Crippen LogP contribution in [0.4, 0.5) is 4.39 Å². The SMILES string of the molecule is CC(=O)C1=C(C)N=C2SCC(=O)N2[C@H]1c1ccc(F)cc1. The summed E-state index contributed by atoms with van der Waals surface area (Å²) in [7, 11) is 0. The molecule has 0 radical (unpaired) electrons. The Labute approximate surface area is 125 Å². The summed E-state index contributed by atoms with van der Waals surface area (Å²) in [5.74, 6) is -0.251. The zero-order valence-corrected chi connectivity index (χ0v) is 12.4. The van der Waals surface area contributed by atoms with Crippen LogP contribution in [0.5, 0.6) is 0 Å². The van der Waals surface area contributed by atoms with Crippen LogP contribution >= 0.6 is 11.8 Å². The van der Waals surface area contributed by atoms with Crippen LogP contribution in [0.1, 0.15) is 25.5 Å². The van der Waals surface area contributed by atoms with E-state index in [0.29, 0.717) is 27.8 Å². The highest BCUT2D eigenvalue weighted by Crippen LogP contribution is 2.40. The lowest BCUT2D eigenvalue weighted by Gasteiger charge is -2.33. The van der Waals surface area contributed by atoms with E-state index in [1.54, 1.807) is 24.0 Å². The van der Waals surface area contributed by atoms with Gasteiger partial charge in [0.15, 0.2) is 11.0 Å². The fourth-order valence-electron chi connectivity index (χ4n) is 2.65. The number of carbonyl (C=O) groups excluding carboxylic acids is 2. The molecule has 0 spiro atoms. The van der Waals surface area contributed by atoms with E-state index in [2.05, 4.69) is 4.99 Å². The monoisotopic (exact) mass is 304 g/mol. The smallest absolute Gasteiger partial charge is 0.239 e. The highest BCUT2D eigenvalue weighted by atomic mass is 32.2. The van der Waals surface area contributed by atoms with E-state index in [-0.39, 0.29) is 17.5 Å². The van der Waals surface area contributed by atoms with Gasteiger partial charge in [-0.25, -0.2) is 9.38 Å². The van der Waals surface area contributed by atoms with E-state index in [4.69, 9.17) is 0 Å². The van der Waals surface area contributed by atoms with Crippen LogP contribution in [0.2, 0.25) is 0 Å². The number of Topliss-reactive ketones (excluding diaryl/α,β-unsaturated/α-hetero) is 1. The van der Waals surface area contributed by atoms with Crippen molar-refractivity contribution in [1.29, 1.82) is 0 Å². The first-order valence-electron chi connectivity index (χ1n) is 6.49. The molecule has 2 heterocycles. The van der Waals surface area contributed by atoms with Gasteiger partial charge in [-0.15, -0.1) is 0 Å². The van der Waals surface area contributed by atoms with E-state index in [9.17, 15) is 14.0 Å². The number of aliphatic imine (C=N–C) groups is 1. The van der Waals surface area contributed by atoms with E-state index >= 15 is 0 Å². The summed E-state index contributed by atoms with van der Waals surface area (Å²) in [5, 5.41) is 0.608. The van der Waals surface area contributed by atoms with Crippen molar-refractivity contribution in [3.63, 3.8) is 0 Å². The van der Waals surface area contributed by atoms with Crippen molar-refractivity contribution in [3.05, 3.63) is 46.9 Å². The first-order valence-corrected chi connectivity index (χ1v) is 7.48. The minimum atomic E-state index is -0.516. The molecule has 1 saturated heterocycles. The van der Waals surface area contributed by atoms with Gasteiger partial charge >= 0.3 is 0 Å². The molecule has 0 N–H and O–H groups in total. The summed E-state index contributed by atoms with van der Waals surface area (Å²) in [4.78, 5) is 30.1. The van der Waals surface area contributed by atoms with Crippen LogP contribution in [0, 0.1) is 5.82 Å². The molecule has 1 aromatic carbocycles. The van der Waals surface area contributed by atoms with Crippen LogP contribution < -0.4 is 0 Å². The maximum absolute atomic E-state index is 13.1. The quantitative estimate of drug-likeness (QED) is 0.844. The van der Waals surface area contributed by atoms with Gasteiger partial charge in [0.2, 0.25) is 5.91 Å². The van der Waals surface area contributed by atoms with Crippen LogP contribution in [0.25, 0.3) is 0 Å². The fraction of sp³-hybridized carbons (Fsp3) is 0.267. The molecule has 108 valence electrons. The number of carbonyl (C=O) groups is 2. The first kappa shape index (κ1) is 14.0.